The molecule has 0 spiro atoms. The van der Waals surface area contributed by atoms with E-state index in [2.05, 4.69) is 49.3 Å². The first kappa shape index (κ1) is 16.4. The molecule has 0 bridgehead atoms. The van der Waals surface area contributed by atoms with E-state index in [4.69, 9.17) is 0 Å². The molecule has 132 valence electrons. The quantitative estimate of drug-likeness (QED) is 0.840. The standard InChI is InChI=1S/C21H27N3O/c1-21(2)14-24(13-17(21)15-9-5-4-6-10-15)20(25)19-16-11-7-8-12-18(16)23(3)22-19/h4-6,9-10,17H,7-8,11-14H2,1-3H3/t17-/m0/s1. The van der Waals surface area contributed by atoms with Gasteiger partial charge in [0.15, 0.2) is 5.69 Å². The van der Waals surface area contributed by atoms with Gasteiger partial charge in [0, 0.05) is 37.3 Å². The first-order valence-corrected chi connectivity index (χ1v) is 9.36. The van der Waals surface area contributed by atoms with Gasteiger partial charge < -0.3 is 4.90 Å². The summed E-state index contributed by atoms with van der Waals surface area (Å²) in [6.45, 7) is 6.11. The lowest BCUT2D eigenvalue weighted by molar-refractivity contribution is 0.0770. The number of carbonyl (C=O) groups excluding carboxylic acids is 1. The SMILES string of the molecule is Cn1nc(C(=O)N2C[C@@H](c3ccccc3)C(C)(C)C2)c2c1CCCC2. The van der Waals surface area contributed by atoms with E-state index in [0.717, 1.165) is 32.4 Å². The lowest BCUT2D eigenvalue weighted by atomic mass is 9.78. The van der Waals surface area contributed by atoms with E-state index in [0.29, 0.717) is 11.6 Å². The van der Waals surface area contributed by atoms with E-state index in [1.54, 1.807) is 0 Å². The number of aromatic nitrogens is 2. The van der Waals surface area contributed by atoms with Crippen molar-refractivity contribution in [2.45, 2.75) is 45.4 Å². The zero-order valence-corrected chi connectivity index (χ0v) is 15.5. The summed E-state index contributed by atoms with van der Waals surface area (Å²) in [5.41, 5.74) is 4.55. The molecular formula is C21H27N3O. The predicted octanol–water partition coefficient (Wildman–Crippen LogP) is 3.56. The van der Waals surface area contributed by atoms with E-state index >= 15 is 0 Å². The van der Waals surface area contributed by atoms with Gasteiger partial charge in [0.1, 0.15) is 0 Å². The number of fused-ring (bicyclic) bond motifs is 1. The van der Waals surface area contributed by atoms with Crippen LogP contribution in [0.2, 0.25) is 0 Å². The van der Waals surface area contributed by atoms with Crippen molar-refractivity contribution in [1.82, 2.24) is 14.7 Å². The molecule has 0 saturated carbocycles. The molecule has 1 aliphatic carbocycles. The molecule has 0 N–H and O–H groups in total. The molecule has 4 rings (SSSR count). The fourth-order valence-electron chi connectivity index (χ4n) is 4.62. The Hall–Kier alpha value is -2.10. The highest BCUT2D eigenvalue weighted by Gasteiger charge is 2.43. The fourth-order valence-corrected chi connectivity index (χ4v) is 4.62. The van der Waals surface area contributed by atoms with E-state index in [9.17, 15) is 4.79 Å². The summed E-state index contributed by atoms with van der Waals surface area (Å²) in [4.78, 5) is 15.3. The first-order valence-electron chi connectivity index (χ1n) is 9.36. The van der Waals surface area contributed by atoms with Crippen LogP contribution in [0, 0.1) is 5.41 Å². The molecule has 2 aromatic rings. The van der Waals surface area contributed by atoms with E-state index in [-0.39, 0.29) is 11.3 Å². The highest BCUT2D eigenvalue weighted by Crippen LogP contribution is 2.42. The molecule has 2 aliphatic rings. The van der Waals surface area contributed by atoms with Crippen LogP contribution < -0.4 is 0 Å². The zero-order chi connectivity index (χ0) is 17.6. The van der Waals surface area contributed by atoms with Gasteiger partial charge in [0.2, 0.25) is 0 Å². The van der Waals surface area contributed by atoms with Gasteiger partial charge in [0.25, 0.3) is 5.91 Å². The normalized spacial score (nSPS) is 22.0. The van der Waals surface area contributed by atoms with E-state index in [1.165, 1.54) is 23.2 Å². The monoisotopic (exact) mass is 337 g/mol. The third-order valence-corrected chi connectivity index (χ3v) is 6.00. The second-order valence-electron chi connectivity index (χ2n) is 8.24. The van der Waals surface area contributed by atoms with Crippen molar-refractivity contribution in [1.29, 1.82) is 0 Å². The summed E-state index contributed by atoms with van der Waals surface area (Å²) >= 11 is 0. The van der Waals surface area contributed by atoms with Crippen molar-refractivity contribution in [3.05, 3.63) is 52.8 Å². The molecule has 1 aromatic carbocycles. The van der Waals surface area contributed by atoms with Crippen molar-refractivity contribution in [2.24, 2.45) is 12.5 Å². The summed E-state index contributed by atoms with van der Waals surface area (Å²) in [7, 11) is 1.97. The number of aryl methyl sites for hydroxylation is 1. The number of rotatable bonds is 2. The van der Waals surface area contributed by atoms with Gasteiger partial charge in [-0.05, 0) is 36.7 Å². The Morgan fingerprint density at radius 2 is 1.88 bits per heavy atom. The molecule has 0 unspecified atom stereocenters. The number of nitrogens with zero attached hydrogens (tertiary/aromatic N) is 3. The second kappa shape index (κ2) is 6.01. The van der Waals surface area contributed by atoms with Gasteiger partial charge >= 0.3 is 0 Å². The summed E-state index contributed by atoms with van der Waals surface area (Å²) in [5, 5.41) is 4.61. The largest absolute Gasteiger partial charge is 0.336 e. The summed E-state index contributed by atoms with van der Waals surface area (Å²) < 4.78 is 1.93. The maximum absolute atomic E-state index is 13.2. The van der Waals surface area contributed by atoms with Crippen molar-refractivity contribution >= 4 is 5.91 Å². The van der Waals surface area contributed by atoms with Gasteiger partial charge in [-0.2, -0.15) is 5.10 Å². The van der Waals surface area contributed by atoms with Crippen molar-refractivity contribution in [3.8, 4) is 0 Å². The highest BCUT2D eigenvalue weighted by molar-refractivity contribution is 5.94. The molecule has 4 heteroatoms. The van der Waals surface area contributed by atoms with Gasteiger partial charge in [-0.15, -0.1) is 0 Å². The lowest BCUT2D eigenvalue weighted by Crippen LogP contribution is -2.31. The number of amides is 1. The molecule has 4 nitrogen and oxygen atoms in total. The van der Waals surface area contributed by atoms with Crippen LogP contribution in [0.1, 0.15) is 59.9 Å². The minimum absolute atomic E-state index is 0.0753. The fraction of sp³-hybridized carbons (Fsp3) is 0.524. The van der Waals surface area contributed by atoms with Crippen LogP contribution in [0.15, 0.2) is 30.3 Å². The van der Waals surface area contributed by atoms with E-state index < -0.39 is 0 Å². The Morgan fingerprint density at radius 3 is 2.64 bits per heavy atom. The Morgan fingerprint density at radius 1 is 1.16 bits per heavy atom. The van der Waals surface area contributed by atoms with Crippen LogP contribution >= 0.6 is 0 Å². The van der Waals surface area contributed by atoms with Crippen LogP contribution in [0.4, 0.5) is 0 Å². The zero-order valence-electron chi connectivity index (χ0n) is 15.5. The number of carbonyl (C=O) groups is 1. The molecule has 1 amide bonds. The van der Waals surface area contributed by atoms with Gasteiger partial charge in [-0.3, -0.25) is 9.48 Å². The number of hydrogen-bond donors (Lipinski definition) is 0. The minimum atomic E-state index is 0.0753. The molecule has 1 fully saturated rings. The van der Waals surface area contributed by atoms with Crippen molar-refractivity contribution < 1.29 is 4.79 Å². The second-order valence-corrected chi connectivity index (χ2v) is 8.24. The summed E-state index contributed by atoms with van der Waals surface area (Å²) in [5.74, 6) is 0.488. The third-order valence-electron chi connectivity index (χ3n) is 6.00. The first-order chi connectivity index (χ1) is 12.0. The third kappa shape index (κ3) is 2.78. The van der Waals surface area contributed by atoms with Crippen LogP contribution in [0.5, 0.6) is 0 Å². The Bertz CT molecular complexity index is 791. The topological polar surface area (TPSA) is 38.1 Å². The molecular weight excluding hydrogens is 310 g/mol. The summed E-state index contributed by atoms with van der Waals surface area (Å²) in [6, 6.07) is 10.6. The maximum atomic E-state index is 13.2. The Labute approximate surface area is 149 Å². The van der Waals surface area contributed by atoms with E-state index in [1.807, 2.05) is 16.6 Å². The molecule has 1 aromatic heterocycles. The van der Waals surface area contributed by atoms with Gasteiger partial charge in [-0.1, -0.05) is 44.2 Å². The molecule has 1 atom stereocenters. The van der Waals surface area contributed by atoms with Crippen LogP contribution in [-0.2, 0) is 19.9 Å². The molecule has 0 radical (unpaired) electrons. The lowest BCUT2D eigenvalue weighted by Gasteiger charge is -2.25. The Kier molecular flexibility index (Phi) is 3.94. The summed E-state index contributed by atoms with van der Waals surface area (Å²) in [6.07, 6.45) is 4.40. The average Bonchev–Trinajstić information content (AvgIpc) is 3.12. The Balaban J connectivity index is 1.62. The molecule has 1 saturated heterocycles. The molecule has 25 heavy (non-hydrogen) atoms. The molecule has 1 aliphatic heterocycles. The smallest absolute Gasteiger partial charge is 0.274 e. The van der Waals surface area contributed by atoms with Gasteiger partial charge in [-0.25, -0.2) is 0 Å². The number of likely N-dealkylation sites (tertiary alicyclic amines) is 1. The van der Waals surface area contributed by atoms with Crippen molar-refractivity contribution in [2.75, 3.05) is 13.1 Å². The number of hydrogen-bond acceptors (Lipinski definition) is 2. The number of benzene rings is 1. The predicted molar refractivity (Wildman–Crippen MR) is 98.7 cm³/mol. The van der Waals surface area contributed by atoms with Crippen molar-refractivity contribution in [3.63, 3.8) is 0 Å². The molecule has 2 heterocycles. The minimum Gasteiger partial charge on any atom is -0.336 e. The van der Waals surface area contributed by atoms with Crippen LogP contribution in [0.3, 0.4) is 0 Å². The van der Waals surface area contributed by atoms with Gasteiger partial charge in [0.05, 0.1) is 0 Å². The highest BCUT2D eigenvalue weighted by atomic mass is 16.2. The average molecular weight is 337 g/mol. The van der Waals surface area contributed by atoms with Crippen LogP contribution in [-0.4, -0.2) is 33.7 Å². The maximum Gasteiger partial charge on any atom is 0.274 e. The van der Waals surface area contributed by atoms with Crippen LogP contribution in [0.25, 0.3) is 0 Å².